The second-order valence-corrected chi connectivity index (χ2v) is 5.62. The Morgan fingerprint density at radius 2 is 1.71 bits per heavy atom. The highest BCUT2D eigenvalue weighted by Gasteiger charge is 2.41. The third-order valence-electron chi connectivity index (χ3n) is 4.12. The van der Waals surface area contributed by atoms with E-state index in [9.17, 15) is 22.0 Å². The van der Waals surface area contributed by atoms with Crippen molar-refractivity contribution >= 4 is 0 Å². The van der Waals surface area contributed by atoms with Crippen molar-refractivity contribution in [1.29, 1.82) is 0 Å². The van der Waals surface area contributed by atoms with Crippen LogP contribution in [0.3, 0.4) is 0 Å². The van der Waals surface area contributed by atoms with E-state index in [4.69, 9.17) is 0 Å². The number of hydrogen-bond acceptors (Lipinski definition) is 1. The van der Waals surface area contributed by atoms with E-state index in [1.54, 1.807) is 6.92 Å². The quantitative estimate of drug-likeness (QED) is 0.796. The van der Waals surface area contributed by atoms with Crippen LogP contribution in [-0.2, 0) is 0 Å². The van der Waals surface area contributed by atoms with E-state index in [2.05, 4.69) is 5.32 Å². The maximum Gasteiger partial charge on any atom is 0.391 e. The summed E-state index contributed by atoms with van der Waals surface area (Å²) in [5.74, 6) is -3.06. The van der Waals surface area contributed by atoms with Crippen molar-refractivity contribution < 1.29 is 22.0 Å². The van der Waals surface area contributed by atoms with Crippen LogP contribution in [0.2, 0.25) is 0 Å². The average molecular weight is 307 g/mol. The molecule has 0 amide bonds. The smallest absolute Gasteiger partial charge is 0.307 e. The molecule has 1 atom stereocenters. The zero-order valence-electron chi connectivity index (χ0n) is 11.7. The summed E-state index contributed by atoms with van der Waals surface area (Å²) in [7, 11) is 0. The second kappa shape index (κ2) is 6.30. The molecule has 6 heteroatoms. The summed E-state index contributed by atoms with van der Waals surface area (Å²) in [6, 6.07) is 3.42. The van der Waals surface area contributed by atoms with Gasteiger partial charge in [-0.15, -0.1) is 0 Å². The molecule has 118 valence electrons. The Bertz CT molecular complexity index is 477. The number of benzene rings is 1. The molecule has 1 aromatic rings. The summed E-state index contributed by atoms with van der Waals surface area (Å²) >= 11 is 0. The Morgan fingerprint density at radius 1 is 1.10 bits per heavy atom. The largest absolute Gasteiger partial charge is 0.391 e. The molecule has 0 heterocycles. The van der Waals surface area contributed by atoms with Crippen LogP contribution in [0, 0.1) is 17.6 Å². The van der Waals surface area contributed by atoms with Crippen LogP contribution in [0.5, 0.6) is 0 Å². The predicted molar refractivity (Wildman–Crippen MR) is 69.7 cm³/mol. The number of halogens is 5. The first kappa shape index (κ1) is 16.2. The van der Waals surface area contributed by atoms with E-state index >= 15 is 0 Å². The van der Waals surface area contributed by atoms with Gasteiger partial charge >= 0.3 is 6.18 Å². The van der Waals surface area contributed by atoms with Crippen LogP contribution in [0.1, 0.15) is 44.2 Å². The Kier molecular flexibility index (Phi) is 4.86. The topological polar surface area (TPSA) is 12.0 Å². The summed E-state index contributed by atoms with van der Waals surface area (Å²) in [4.78, 5) is 0. The van der Waals surface area contributed by atoms with E-state index < -0.39 is 29.8 Å². The fraction of sp³-hybridized carbons (Fsp3) is 0.600. The molecule has 1 nitrogen and oxygen atoms in total. The summed E-state index contributed by atoms with van der Waals surface area (Å²) < 4.78 is 64.6. The van der Waals surface area contributed by atoms with Gasteiger partial charge in [-0.25, -0.2) is 8.78 Å². The first-order valence-electron chi connectivity index (χ1n) is 7.05. The summed E-state index contributed by atoms with van der Waals surface area (Å²) in [5, 5.41) is 3.10. The highest BCUT2D eigenvalue weighted by molar-refractivity contribution is 5.22. The van der Waals surface area contributed by atoms with Gasteiger partial charge in [0.25, 0.3) is 0 Å². The molecule has 1 N–H and O–H groups in total. The maximum atomic E-state index is 13.7. The monoisotopic (exact) mass is 307 g/mol. The third kappa shape index (κ3) is 3.93. The predicted octanol–water partition coefficient (Wildman–Crippen LogP) is 4.74. The van der Waals surface area contributed by atoms with Crippen LogP contribution >= 0.6 is 0 Å². The number of hydrogen-bond donors (Lipinski definition) is 1. The molecule has 1 aromatic carbocycles. The van der Waals surface area contributed by atoms with Gasteiger partial charge in [-0.2, -0.15) is 13.2 Å². The molecule has 0 bridgehead atoms. The van der Waals surface area contributed by atoms with Crippen LogP contribution in [0.4, 0.5) is 22.0 Å². The lowest BCUT2D eigenvalue weighted by atomic mass is 9.85. The SMILES string of the molecule is CC(NC1CCC(C(F)(F)F)CC1)c1cccc(F)c1F. The summed E-state index contributed by atoms with van der Waals surface area (Å²) in [6.07, 6.45) is -3.18. The fourth-order valence-corrected chi connectivity index (χ4v) is 2.89. The van der Waals surface area contributed by atoms with Gasteiger partial charge in [0, 0.05) is 17.6 Å². The van der Waals surface area contributed by atoms with E-state index in [0.29, 0.717) is 12.8 Å². The lowest BCUT2D eigenvalue weighted by Gasteiger charge is -2.32. The molecule has 0 radical (unpaired) electrons. The molecule has 0 spiro atoms. The van der Waals surface area contributed by atoms with E-state index in [-0.39, 0.29) is 24.4 Å². The Balaban J connectivity index is 1.93. The van der Waals surface area contributed by atoms with Crippen LogP contribution < -0.4 is 5.32 Å². The highest BCUT2D eigenvalue weighted by Crippen LogP contribution is 2.38. The number of nitrogens with one attached hydrogen (secondary N) is 1. The minimum absolute atomic E-state index is 0.0829. The Hall–Kier alpha value is -1.17. The second-order valence-electron chi connectivity index (χ2n) is 5.62. The zero-order chi connectivity index (χ0) is 15.6. The van der Waals surface area contributed by atoms with Gasteiger partial charge in [0.1, 0.15) is 0 Å². The lowest BCUT2D eigenvalue weighted by Crippen LogP contribution is -2.38. The van der Waals surface area contributed by atoms with E-state index in [0.717, 1.165) is 6.07 Å². The Morgan fingerprint density at radius 3 is 2.29 bits per heavy atom. The van der Waals surface area contributed by atoms with Crippen molar-refractivity contribution in [3.8, 4) is 0 Å². The molecule has 1 saturated carbocycles. The lowest BCUT2D eigenvalue weighted by molar-refractivity contribution is -0.182. The van der Waals surface area contributed by atoms with Gasteiger partial charge in [0.05, 0.1) is 5.92 Å². The normalized spacial score (nSPS) is 24.9. The molecular formula is C15H18F5N. The zero-order valence-corrected chi connectivity index (χ0v) is 11.7. The van der Waals surface area contributed by atoms with Gasteiger partial charge < -0.3 is 5.32 Å². The van der Waals surface area contributed by atoms with Crippen molar-refractivity contribution in [3.05, 3.63) is 35.4 Å². The van der Waals surface area contributed by atoms with Gasteiger partial charge in [-0.1, -0.05) is 12.1 Å². The molecule has 0 aromatic heterocycles. The van der Waals surface area contributed by atoms with Crippen LogP contribution in [0.15, 0.2) is 18.2 Å². The summed E-state index contributed by atoms with van der Waals surface area (Å²) in [6.45, 7) is 1.69. The van der Waals surface area contributed by atoms with Crippen molar-refractivity contribution in [2.24, 2.45) is 5.92 Å². The highest BCUT2D eigenvalue weighted by atomic mass is 19.4. The van der Waals surface area contributed by atoms with Crippen LogP contribution in [0.25, 0.3) is 0 Å². The molecule has 1 aliphatic carbocycles. The third-order valence-corrected chi connectivity index (χ3v) is 4.12. The van der Waals surface area contributed by atoms with Gasteiger partial charge in [-0.3, -0.25) is 0 Å². The molecule has 0 aliphatic heterocycles. The molecule has 1 fully saturated rings. The standard InChI is InChI=1S/C15H18F5N/c1-9(12-3-2-4-13(16)14(12)17)21-11-7-5-10(6-8-11)15(18,19)20/h2-4,9-11,21H,5-8H2,1H3. The molecule has 1 aliphatic rings. The first-order valence-corrected chi connectivity index (χ1v) is 7.05. The van der Waals surface area contributed by atoms with E-state index in [1.165, 1.54) is 12.1 Å². The minimum atomic E-state index is -4.13. The number of rotatable bonds is 3. The van der Waals surface area contributed by atoms with Crippen LogP contribution in [-0.4, -0.2) is 12.2 Å². The average Bonchev–Trinajstić information content (AvgIpc) is 2.41. The van der Waals surface area contributed by atoms with E-state index in [1.807, 2.05) is 0 Å². The number of alkyl halides is 3. The van der Waals surface area contributed by atoms with Crippen molar-refractivity contribution in [2.75, 3.05) is 0 Å². The Labute approximate surface area is 120 Å². The molecule has 21 heavy (non-hydrogen) atoms. The van der Waals surface area contributed by atoms with Gasteiger partial charge in [0.2, 0.25) is 0 Å². The maximum absolute atomic E-state index is 13.7. The van der Waals surface area contributed by atoms with Crippen molar-refractivity contribution in [2.45, 2.75) is 50.9 Å². The van der Waals surface area contributed by atoms with Gasteiger partial charge in [-0.05, 0) is 38.7 Å². The minimum Gasteiger partial charge on any atom is -0.307 e. The molecule has 2 rings (SSSR count). The summed E-state index contributed by atoms with van der Waals surface area (Å²) in [5.41, 5.74) is 0.202. The van der Waals surface area contributed by atoms with Gasteiger partial charge in [0.15, 0.2) is 11.6 Å². The van der Waals surface area contributed by atoms with Crippen molar-refractivity contribution in [3.63, 3.8) is 0 Å². The molecular weight excluding hydrogens is 289 g/mol. The molecule has 1 unspecified atom stereocenters. The van der Waals surface area contributed by atoms with Crippen molar-refractivity contribution in [1.82, 2.24) is 5.32 Å². The molecule has 0 saturated heterocycles. The first-order chi connectivity index (χ1) is 9.79. The fourth-order valence-electron chi connectivity index (χ4n) is 2.89.